The van der Waals surface area contributed by atoms with Gasteiger partial charge in [-0.15, -0.1) is 24.0 Å². The Morgan fingerprint density at radius 2 is 2.12 bits per heavy atom. The first-order chi connectivity index (χ1) is 11.8. The van der Waals surface area contributed by atoms with Gasteiger partial charge in [0.15, 0.2) is 5.96 Å². The van der Waals surface area contributed by atoms with Gasteiger partial charge in [0.1, 0.15) is 0 Å². The number of rotatable bonds is 4. The molecule has 2 saturated heterocycles. The standard InChI is InChI=1S/C18H31N5O.HI/c1-3-20-18(21-12-16-5-10-24-11-6-16)22-8-4-15(2)17(13-22)23-9-7-19-14-23;/h7,9,14-17H,3-6,8,10-13H2,1-2H3,(H,20,21);1H. The van der Waals surface area contributed by atoms with Gasteiger partial charge < -0.3 is 19.5 Å². The summed E-state index contributed by atoms with van der Waals surface area (Å²) >= 11 is 0. The van der Waals surface area contributed by atoms with Crippen LogP contribution in [0.1, 0.15) is 39.2 Å². The lowest BCUT2D eigenvalue weighted by atomic mass is 9.93. The minimum atomic E-state index is 0. The van der Waals surface area contributed by atoms with Crippen LogP contribution in [0, 0.1) is 11.8 Å². The van der Waals surface area contributed by atoms with Crippen LogP contribution in [0.15, 0.2) is 23.7 Å². The third-order valence-electron chi connectivity index (χ3n) is 5.30. The monoisotopic (exact) mass is 461 g/mol. The summed E-state index contributed by atoms with van der Waals surface area (Å²) in [6, 6.07) is 0.466. The van der Waals surface area contributed by atoms with Crippen LogP contribution in [-0.4, -0.2) is 59.8 Å². The number of likely N-dealkylation sites (tertiary alicyclic amines) is 1. The van der Waals surface area contributed by atoms with Crippen LogP contribution in [0.25, 0.3) is 0 Å². The highest BCUT2D eigenvalue weighted by molar-refractivity contribution is 14.0. The largest absolute Gasteiger partial charge is 0.381 e. The predicted molar refractivity (Wildman–Crippen MR) is 112 cm³/mol. The predicted octanol–water partition coefficient (Wildman–Crippen LogP) is 2.78. The molecule has 1 N–H and O–H groups in total. The van der Waals surface area contributed by atoms with E-state index in [-0.39, 0.29) is 24.0 Å². The summed E-state index contributed by atoms with van der Waals surface area (Å²) < 4.78 is 7.70. The maximum atomic E-state index is 5.45. The molecule has 142 valence electrons. The van der Waals surface area contributed by atoms with Crippen molar-refractivity contribution >= 4 is 29.9 Å². The molecule has 1 aromatic rings. The Morgan fingerprint density at radius 3 is 2.80 bits per heavy atom. The van der Waals surface area contributed by atoms with Gasteiger partial charge in [0, 0.05) is 51.8 Å². The van der Waals surface area contributed by atoms with E-state index in [0.29, 0.717) is 17.9 Å². The van der Waals surface area contributed by atoms with Gasteiger partial charge in [-0.2, -0.15) is 0 Å². The Balaban J connectivity index is 0.00000225. The van der Waals surface area contributed by atoms with E-state index in [9.17, 15) is 0 Å². The number of hydrogen-bond acceptors (Lipinski definition) is 3. The molecule has 0 spiro atoms. The van der Waals surface area contributed by atoms with Gasteiger partial charge in [-0.3, -0.25) is 4.99 Å². The average molecular weight is 461 g/mol. The summed E-state index contributed by atoms with van der Waals surface area (Å²) in [7, 11) is 0. The van der Waals surface area contributed by atoms with Crippen molar-refractivity contribution in [1.29, 1.82) is 0 Å². The van der Waals surface area contributed by atoms with Crippen molar-refractivity contribution < 1.29 is 4.74 Å². The fraction of sp³-hybridized carbons (Fsp3) is 0.778. The van der Waals surface area contributed by atoms with Gasteiger partial charge in [-0.25, -0.2) is 4.98 Å². The van der Waals surface area contributed by atoms with E-state index in [4.69, 9.17) is 9.73 Å². The van der Waals surface area contributed by atoms with Crippen molar-refractivity contribution in [1.82, 2.24) is 19.8 Å². The number of hydrogen-bond donors (Lipinski definition) is 1. The first-order valence-corrected chi connectivity index (χ1v) is 9.36. The Hall–Kier alpha value is -0.830. The number of imidazole rings is 1. The van der Waals surface area contributed by atoms with Crippen LogP contribution in [0.4, 0.5) is 0 Å². The average Bonchev–Trinajstić information content (AvgIpc) is 3.14. The molecule has 25 heavy (non-hydrogen) atoms. The molecule has 2 fully saturated rings. The molecule has 7 heteroatoms. The highest BCUT2D eigenvalue weighted by Crippen LogP contribution is 2.27. The van der Waals surface area contributed by atoms with E-state index in [0.717, 1.165) is 58.2 Å². The zero-order chi connectivity index (χ0) is 16.8. The SMILES string of the molecule is CCNC(=NCC1CCOCC1)N1CCC(C)C(n2ccnc2)C1.I. The fourth-order valence-corrected chi connectivity index (χ4v) is 3.67. The second-order valence-electron chi connectivity index (χ2n) is 7.04. The molecule has 2 atom stereocenters. The zero-order valence-corrected chi connectivity index (χ0v) is 17.8. The number of ether oxygens (including phenoxy) is 1. The van der Waals surface area contributed by atoms with E-state index in [1.54, 1.807) is 0 Å². The van der Waals surface area contributed by atoms with Gasteiger partial charge in [0.25, 0.3) is 0 Å². The summed E-state index contributed by atoms with van der Waals surface area (Å²) in [6.45, 7) is 10.2. The summed E-state index contributed by atoms with van der Waals surface area (Å²) in [6.07, 6.45) is 9.35. The molecule has 3 heterocycles. The summed E-state index contributed by atoms with van der Waals surface area (Å²) in [5.41, 5.74) is 0. The third-order valence-corrected chi connectivity index (χ3v) is 5.30. The number of guanidine groups is 1. The van der Waals surface area contributed by atoms with Crippen molar-refractivity contribution in [2.45, 2.75) is 39.2 Å². The van der Waals surface area contributed by atoms with Gasteiger partial charge >= 0.3 is 0 Å². The topological polar surface area (TPSA) is 54.7 Å². The molecule has 0 bridgehead atoms. The van der Waals surface area contributed by atoms with E-state index in [2.05, 4.69) is 39.8 Å². The van der Waals surface area contributed by atoms with Crippen LogP contribution < -0.4 is 5.32 Å². The summed E-state index contributed by atoms with van der Waals surface area (Å²) in [5.74, 6) is 2.40. The molecular formula is C18H32IN5O. The summed E-state index contributed by atoms with van der Waals surface area (Å²) in [5, 5.41) is 3.49. The highest BCUT2D eigenvalue weighted by atomic mass is 127. The number of nitrogens with one attached hydrogen (secondary N) is 1. The van der Waals surface area contributed by atoms with E-state index in [1.165, 1.54) is 6.42 Å². The van der Waals surface area contributed by atoms with Crippen LogP contribution in [0.3, 0.4) is 0 Å². The molecule has 0 aromatic carbocycles. The Labute approximate surface area is 168 Å². The maximum absolute atomic E-state index is 5.45. The first-order valence-electron chi connectivity index (χ1n) is 9.36. The molecule has 0 amide bonds. The van der Waals surface area contributed by atoms with Crippen molar-refractivity contribution in [3.8, 4) is 0 Å². The Kier molecular flexibility index (Phi) is 8.48. The molecule has 0 saturated carbocycles. The van der Waals surface area contributed by atoms with Gasteiger partial charge in [-0.1, -0.05) is 6.92 Å². The van der Waals surface area contributed by atoms with E-state index >= 15 is 0 Å². The minimum absolute atomic E-state index is 0. The quantitative estimate of drug-likeness (QED) is 0.426. The van der Waals surface area contributed by atoms with Crippen molar-refractivity contribution in [2.24, 2.45) is 16.8 Å². The number of aromatic nitrogens is 2. The number of piperidine rings is 1. The second-order valence-corrected chi connectivity index (χ2v) is 7.04. The highest BCUT2D eigenvalue weighted by Gasteiger charge is 2.29. The number of nitrogens with zero attached hydrogens (tertiary/aromatic N) is 4. The second kappa shape index (κ2) is 10.4. The molecule has 2 aliphatic heterocycles. The lowest BCUT2D eigenvalue weighted by Gasteiger charge is -2.39. The molecule has 3 rings (SSSR count). The molecule has 1 aromatic heterocycles. The van der Waals surface area contributed by atoms with Crippen molar-refractivity contribution in [3.63, 3.8) is 0 Å². The molecule has 0 aliphatic carbocycles. The lowest BCUT2D eigenvalue weighted by Crippen LogP contribution is -2.49. The lowest BCUT2D eigenvalue weighted by molar-refractivity contribution is 0.0688. The maximum Gasteiger partial charge on any atom is 0.193 e. The molecule has 2 unspecified atom stereocenters. The summed E-state index contributed by atoms with van der Waals surface area (Å²) in [4.78, 5) is 11.6. The van der Waals surface area contributed by atoms with E-state index < -0.39 is 0 Å². The van der Waals surface area contributed by atoms with Gasteiger partial charge in [0.05, 0.1) is 12.4 Å². The van der Waals surface area contributed by atoms with E-state index in [1.807, 2.05) is 12.5 Å². The van der Waals surface area contributed by atoms with Crippen LogP contribution >= 0.6 is 24.0 Å². The van der Waals surface area contributed by atoms with Crippen molar-refractivity contribution in [2.75, 3.05) is 39.4 Å². The third kappa shape index (κ3) is 5.57. The molecule has 2 aliphatic rings. The van der Waals surface area contributed by atoms with Gasteiger partial charge in [-0.05, 0) is 38.0 Å². The number of aliphatic imine (C=N–C) groups is 1. The minimum Gasteiger partial charge on any atom is -0.381 e. The number of halogens is 1. The molecule has 0 radical (unpaired) electrons. The Bertz CT molecular complexity index is 516. The Morgan fingerprint density at radius 1 is 1.32 bits per heavy atom. The zero-order valence-electron chi connectivity index (χ0n) is 15.4. The van der Waals surface area contributed by atoms with Crippen LogP contribution in [0.5, 0.6) is 0 Å². The van der Waals surface area contributed by atoms with Gasteiger partial charge in [0.2, 0.25) is 0 Å². The molecule has 6 nitrogen and oxygen atoms in total. The van der Waals surface area contributed by atoms with Crippen LogP contribution in [0.2, 0.25) is 0 Å². The van der Waals surface area contributed by atoms with Crippen molar-refractivity contribution in [3.05, 3.63) is 18.7 Å². The fourth-order valence-electron chi connectivity index (χ4n) is 3.67. The van der Waals surface area contributed by atoms with Crippen LogP contribution in [-0.2, 0) is 4.74 Å². The first kappa shape index (κ1) is 20.5. The normalized spacial score (nSPS) is 25.5. The smallest absolute Gasteiger partial charge is 0.193 e. The molecular weight excluding hydrogens is 429 g/mol.